The molecule has 0 spiro atoms. The Labute approximate surface area is 183 Å². The van der Waals surface area contributed by atoms with Crippen molar-refractivity contribution in [2.75, 3.05) is 11.9 Å². The van der Waals surface area contributed by atoms with Crippen LogP contribution in [-0.2, 0) is 19.6 Å². The first-order valence-corrected chi connectivity index (χ1v) is 11.2. The van der Waals surface area contributed by atoms with E-state index >= 15 is 0 Å². The zero-order chi connectivity index (χ0) is 22.9. The number of nitrogens with zero attached hydrogens (tertiary/aromatic N) is 4. The minimum atomic E-state index is -3.82. The Morgan fingerprint density at radius 1 is 1.19 bits per heavy atom. The second kappa shape index (κ2) is 8.40. The van der Waals surface area contributed by atoms with Crippen LogP contribution < -0.4 is 15.2 Å². The molecule has 1 aliphatic heterocycles. The zero-order valence-corrected chi connectivity index (χ0v) is 18.0. The van der Waals surface area contributed by atoms with Gasteiger partial charge in [0.15, 0.2) is 0 Å². The zero-order valence-electron chi connectivity index (χ0n) is 17.2. The van der Waals surface area contributed by atoms with Crippen LogP contribution in [0.4, 0.5) is 5.95 Å². The highest BCUT2D eigenvalue weighted by Crippen LogP contribution is 2.40. The normalized spacial score (nSPS) is 15.7. The number of hydrogen-bond acceptors (Lipinski definition) is 9. The highest BCUT2D eigenvalue weighted by molar-refractivity contribution is 7.89. The molecule has 3 aromatic rings. The van der Waals surface area contributed by atoms with E-state index < -0.39 is 22.0 Å². The van der Waals surface area contributed by atoms with Crippen LogP contribution in [0.5, 0.6) is 11.5 Å². The second-order valence-corrected chi connectivity index (χ2v) is 8.45. The first-order chi connectivity index (χ1) is 15.3. The lowest BCUT2D eigenvalue weighted by Crippen LogP contribution is -2.30. The molecule has 4 rings (SSSR count). The van der Waals surface area contributed by atoms with Gasteiger partial charge in [-0.15, -0.1) is 0 Å². The topological polar surface area (TPSA) is 151 Å². The maximum absolute atomic E-state index is 12.8. The van der Waals surface area contributed by atoms with Crippen molar-refractivity contribution >= 4 is 21.9 Å². The van der Waals surface area contributed by atoms with Gasteiger partial charge in [-0.2, -0.15) is 4.68 Å². The number of nitrogens with two attached hydrogens (primary N) is 1. The van der Waals surface area contributed by atoms with Crippen LogP contribution in [0.25, 0.3) is 0 Å². The molecule has 0 saturated carbocycles. The average molecular weight is 456 g/mol. The van der Waals surface area contributed by atoms with Crippen LogP contribution >= 0.6 is 0 Å². The lowest BCUT2D eigenvalue weighted by molar-refractivity contribution is -0.139. The highest BCUT2D eigenvalue weighted by Gasteiger charge is 2.36. The molecular formula is C20H20N6O5S. The summed E-state index contributed by atoms with van der Waals surface area (Å²) in [6.07, 6.45) is 0. The summed E-state index contributed by atoms with van der Waals surface area (Å²) in [5, 5.41) is 19.9. The summed E-state index contributed by atoms with van der Waals surface area (Å²) < 4.78 is 35.8. The van der Waals surface area contributed by atoms with Crippen molar-refractivity contribution in [3.8, 4) is 11.5 Å². The number of carbonyl (C=O) groups excluding carboxylic acids is 1. The molecule has 2 aromatic carbocycles. The fourth-order valence-corrected chi connectivity index (χ4v) is 3.91. The second-order valence-electron chi connectivity index (χ2n) is 6.89. The first-order valence-electron chi connectivity index (χ1n) is 9.62. The number of nitrogens with one attached hydrogen (secondary N) is 1. The van der Waals surface area contributed by atoms with E-state index in [0.29, 0.717) is 34.3 Å². The van der Waals surface area contributed by atoms with E-state index in [1.165, 1.54) is 28.9 Å². The number of rotatable bonds is 6. The van der Waals surface area contributed by atoms with Crippen molar-refractivity contribution in [1.29, 1.82) is 0 Å². The number of para-hydroxylation sites is 1. The lowest BCUT2D eigenvalue weighted by Gasteiger charge is -2.28. The third kappa shape index (κ3) is 4.05. The van der Waals surface area contributed by atoms with E-state index in [-0.39, 0.29) is 11.5 Å². The number of allylic oxidation sites excluding steroid dienone is 1. The molecule has 1 aromatic heterocycles. The largest absolute Gasteiger partial charge is 0.463 e. The Morgan fingerprint density at radius 2 is 1.91 bits per heavy atom. The molecule has 0 bridgehead atoms. The van der Waals surface area contributed by atoms with E-state index in [9.17, 15) is 13.2 Å². The monoisotopic (exact) mass is 456 g/mol. The van der Waals surface area contributed by atoms with E-state index in [1.807, 2.05) is 0 Å². The number of benzene rings is 2. The molecule has 0 saturated heterocycles. The number of ether oxygens (including phenoxy) is 2. The number of carbonyl (C=O) groups is 1. The number of esters is 1. The van der Waals surface area contributed by atoms with Crippen molar-refractivity contribution in [3.05, 3.63) is 65.4 Å². The standard InChI is InChI=1S/C20H20N6O5S/c1-3-30-19(27)17-12(2)22-20-23-24-25-26(20)18(17)15-6-4-5-7-16(15)31-13-8-10-14(11-9-13)32(21,28)29/h4-11,18H,3H2,1-2H3,(H2,21,28,29)(H,22,23,25). The van der Waals surface area contributed by atoms with Crippen LogP contribution in [0, 0.1) is 0 Å². The van der Waals surface area contributed by atoms with Gasteiger partial charge in [-0.3, -0.25) is 0 Å². The molecule has 1 atom stereocenters. The van der Waals surface area contributed by atoms with Gasteiger partial charge in [-0.25, -0.2) is 18.4 Å². The number of aromatic nitrogens is 4. The predicted octanol–water partition coefficient (Wildman–Crippen LogP) is 1.96. The van der Waals surface area contributed by atoms with E-state index in [1.54, 1.807) is 38.1 Å². The third-order valence-electron chi connectivity index (χ3n) is 4.80. The molecule has 0 radical (unpaired) electrons. The van der Waals surface area contributed by atoms with Crippen molar-refractivity contribution < 1.29 is 22.7 Å². The fourth-order valence-electron chi connectivity index (χ4n) is 3.40. The molecule has 32 heavy (non-hydrogen) atoms. The van der Waals surface area contributed by atoms with Gasteiger partial charge in [0.1, 0.15) is 17.5 Å². The summed E-state index contributed by atoms with van der Waals surface area (Å²) >= 11 is 0. The molecule has 11 nitrogen and oxygen atoms in total. The minimum absolute atomic E-state index is 0.0297. The smallest absolute Gasteiger partial charge is 0.338 e. The Kier molecular flexibility index (Phi) is 5.63. The van der Waals surface area contributed by atoms with Gasteiger partial charge in [0.05, 0.1) is 17.1 Å². The van der Waals surface area contributed by atoms with Crippen LogP contribution in [0.1, 0.15) is 25.5 Å². The van der Waals surface area contributed by atoms with Gasteiger partial charge in [-0.05, 0) is 54.6 Å². The van der Waals surface area contributed by atoms with E-state index in [2.05, 4.69) is 20.8 Å². The number of fused-ring (bicyclic) bond motifs is 1. The molecule has 0 fully saturated rings. The summed E-state index contributed by atoms with van der Waals surface area (Å²) in [5.41, 5.74) is 1.51. The van der Waals surface area contributed by atoms with Gasteiger partial charge in [0.2, 0.25) is 16.0 Å². The number of primary sulfonamides is 1. The van der Waals surface area contributed by atoms with Crippen LogP contribution in [0.15, 0.2) is 64.7 Å². The molecule has 0 amide bonds. The highest BCUT2D eigenvalue weighted by atomic mass is 32.2. The number of hydrogen-bond donors (Lipinski definition) is 2. The van der Waals surface area contributed by atoms with E-state index in [0.717, 1.165) is 0 Å². The van der Waals surface area contributed by atoms with Gasteiger partial charge in [0.25, 0.3) is 0 Å². The van der Waals surface area contributed by atoms with Crippen LogP contribution in [0.3, 0.4) is 0 Å². The number of tetrazole rings is 1. The average Bonchev–Trinajstić information content (AvgIpc) is 3.21. The lowest BCUT2D eigenvalue weighted by atomic mass is 9.95. The Balaban J connectivity index is 1.77. The minimum Gasteiger partial charge on any atom is -0.463 e. The summed E-state index contributed by atoms with van der Waals surface area (Å²) in [6.45, 7) is 3.68. The molecule has 1 aliphatic rings. The number of anilines is 1. The van der Waals surface area contributed by atoms with Crippen molar-refractivity contribution in [1.82, 2.24) is 20.2 Å². The van der Waals surface area contributed by atoms with Gasteiger partial charge >= 0.3 is 5.97 Å². The SMILES string of the molecule is CCOC(=O)C1=C(C)Nc2nnnn2C1c1ccccc1Oc1ccc(S(N)(=O)=O)cc1. The fraction of sp³-hybridized carbons (Fsp3) is 0.200. The van der Waals surface area contributed by atoms with Gasteiger partial charge in [-0.1, -0.05) is 23.3 Å². The number of sulfonamides is 1. The molecule has 0 aliphatic carbocycles. The molecule has 2 heterocycles. The van der Waals surface area contributed by atoms with Crippen LogP contribution in [0.2, 0.25) is 0 Å². The Hall–Kier alpha value is -3.77. The van der Waals surface area contributed by atoms with Crippen molar-refractivity contribution in [2.24, 2.45) is 5.14 Å². The first kappa shape index (κ1) is 21.5. The summed E-state index contributed by atoms with van der Waals surface area (Å²) in [6, 6.07) is 12.1. The Morgan fingerprint density at radius 3 is 2.59 bits per heavy atom. The van der Waals surface area contributed by atoms with Crippen molar-refractivity contribution in [3.63, 3.8) is 0 Å². The van der Waals surface area contributed by atoms with Gasteiger partial charge in [0, 0.05) is 11.3 Å². The predicted molar refractivity (Wildman–Crippen MR) is 113 cm³/mol. The van der Waals surface area contributed by atoms with Crippen molar-refractivity contribution in [2.45, 2.75) is 24.8 Å². The summed E-state index contributed by atoms with van der Waals surface area (Å²) in [4.78, 5) is 12.8. The maximum Gasteiger partial charge on any atom is 0.338 e. The van der Waals surface area contributed by atoms with Crippen LogP contribution in [-0.4, -0.2) is 41.2 Å². The Bertz CT molecular complexity index is 1300. The molecule has 3 N–H and O–H groups in total. The summed E-state index contributed by atoms with van der Waals surface area (Å²) in [5.74, 6) is 0.678. The third-order valence-corrected chi connectivity index (χ3v) is 5.73. The van der Waals surface area contributed by atoms with E-state index in [4.69, 9.17) is 14.6 Å². The molecule has 12 heteroatoms. The molecule has 1 unspecified atom stereocenters. The maximum atomic E-state index is 12.8. The molecular weight excluding hydrogens is 436 g/mol. The summed E-state index contributed by atoms with van der Waals surface area (Å²) in [7, 11) is -3.82. The van der Waals surface area contributed by atoms with Gasteiger partial charge < -0.3 is 14.8 Å². The quantitative estimate of drug-likeness (QED) is 0.530. The molecule has 166 valence electrons.